The number of piperidine rings is 1. The first kappa shape index (κ1) is 16.9. The fourth-order valence-corrected chi connectivity index (χ4v) is 4.05. The van der Waals surface area contributed by atoms with Crippen LogP contribution >= 0.6 is 0 Å². The van der Waals surface area contributed by atoms with Crippen molar-refractivity contribution in [3.05, 3.63) is 18.0 Å². The highest BCUT2D eigenvalue weighted by molar-refractivity contribution is 5.00. The van der Waals surface area contributed by atoms with Gasteiger partial charge in [0.05, 0.1) is 17.9 Å². The highest BCUT2D eigenvalue weighted by atomic mass is 16.5. The Morgan fingerprint density at radius 3 is 2.43 bits per heavy atom. The fourth-order valence-electron chi connectivity index (χ4n) is 4.05. The molecule has 5 nitrogen and oxygen atoms in total. The molecule has 0 radical (unpaired) electrons. The van der Waals surface area contributed by atoms with Gasteiger partial charge in [-0.15, -0.1) is 0 Å². The average Bonchev–Trinajstić information content (AvgIpc) is 2.91. The second kappa shape index (κ2) is 7.77. The molecule has 0 N–H and O–H groups in total. The van der Waals surface area contributed by atoms with Crippen molar-refractivity contribution in [3.63, 3.8) is 0 Å². The number of likely N-dealkylation sites (tertiary alicyclic amines) is 1. The number of nitrogens with zero attached hydrogens (tertiary/aromatic N) is 4. The lowest BCUT2D eigenvalue weighted by molar-refractivity contribution is -0.0693. The molecule has 2 atom stereocenters. The highest BCUT2D eigenvalue weighted by Crippen LogP contribution is 2.23. The third-order valence-corrected chi connectivity index (χ3v) is 5.36. The van der Waals surface area contributed by atoms with Crippen LogP contribution in [0.5, 0.6) is 0 Å². The normalized spacial score (nSPS) is 28.3. The molecule has 0 spiro atoms. The summed E-state index contributed by atoms with van der Waals surface area (Å²) in [6.45, 7) is 11.3. The van der Waals surface area contributed by atoms with Crippen LogP contribution in [0.2, 0.25) is 0 Å². The minimum atomic E-state index is 0.388. The van der Waals surface area contributed by atoms with Crippen LogP contribution in [0.1, 0.15) is 38.8 Å². The Bertz CT molecular complexity index is 471. The minimum Gasteiger partial charge on any atom is -0.373 e. The maximum absolute atomic E-state index is 5.83. The minimum absolute atomic E-state index is 0.388. The number of morpholine rings is 1. The van der Waals surface area contributed by atoms with E-state index in [0.29, 0.717) is 12.2 Å². The van der Waals surface area contributed by atoms with Gasteiger partial charge in [-0.25, -0.2) is 0 Å². The number of aryl methyl sites for hydroxylation is 1. The van der Waals surface area contributed by atoms with Gasteiger partial charge >= 0.3 is 0 Å². The van der Waals surface area contributed by atoms with Crippen LogP contribution in [0.4, 0.5) is 0 Å². The summed E-state index contributed by atoms with van der Waals surface area (Å²) in [5, 5.41) is 4.26. The third-order valence-electron chi connectivity index (χ3n) is 5.36. The molecule has 1 aromatic rings. The summed E-state index contributed by atoms with van der Waals surface area (Å²) >= 11 is 0. The zero-order valence-corrected chi connectivity index (χ0v) is 14.9. The van der Waals surface area contributed by atoms with Crippen molar-refractivity contribution in [1.82, 2.24) is 19.6 Å². The van der Waals surface area contributed by atoms with E-state index in [9.17, 15) is 0 Å². The Balaban J connectivity index is 1.37. The topological polar surface area (TPSA) is 33.5 Å². The summed E-state index contributed by atoms with van der Waals surface area (Å²) in [5.41, 5.74) is 1.32. The second-order valence-corrected chi connectivity index (χ2v) is 7.47. The number of rotatable bonds is 5. The van der Waals surface area contributed by atoms with Crippen molar-refractivity contribution in [1.29, 1.82) is 0 Å². The molecule has 5 heteroatoms. The molecular formula is C18H32N4O. The summed E-state index contributed by atoms with van der Waals surface area (Å²) in [7, 11) is 2.03. The molecule has 0 aliphatic carbocycles. The number of ether oxygens (including phenoxy) is 1. The van der Waals surface area contributed by atoms with Crippen molar-refractivity contribution in [2.75, 3.05) is 32.7 Å². The molecule has 1 aromatic heterocycles. The molecule has 2 aliphatic heterocycles. The molecular weight excluding hydrogens is 288 g/mol. The third kappa shape index (κ3) is 4.78. The van der Waals surface area contributed by atoms with Gasteiger partial charge in [0.2, 0.25) is 0 Å². The first-order chi connectivity index (χ1) is 11.1. The van der Waals surface area contributed by atoms with E-state index in [4.69, 9.17) is 4.74 Å². The van der Waals surface area contributed by atoms with Gasteiger partial charge < -0.3 is 4.74 Å². The van der Waals surface area contributed by atoms with Gasteiger partial charge in [-0.2, -0.15) is 5.10 Å². The van der Waals surface area contributed by atoms with Gasteiger partial charge in [-0.1, -0.05) is 0 Å². The van der Waals surface area contributed by atoms with Gasteiger partial charge in [0.15, 0.2) is 0 Å². The van der Waals surface area contributed by atoms with Crippen LogP contribution < -0.4 is 0 Å². The van der Waals surface area contributed by atoms with Gasteiger partial charge in [0.1, 0.15) is 0 Å². The predicted octanol–water partition coefficient (Wildman–Crippen LogP) is 2.13. The largest absolute Gasteiger partial charge is 0.373 e. The molecule has 3 rings (SSSR count). The second-order valence-electron chi connectivity index (χ2n) is 7.47. The van der Waals surface area contributed by atoms with Crippen LogP contribution in [-0.4, -0.2) is 64.5 Å². The van der Waals surface area contributed by atoms with Gasteiger partial charge in [-0.3, -0.25) is 14.5 Å². The van der Waals surface area contributed by atoms with Crippen LogP contribution in [-0.2, 0) is 18.3 Å². The maximum Gasteiger partial charge on any atom is 0.0678 e. The molecule has 0 bridgehead atoms. The quantitative estimate of drug-likeness (QED) is 0.832. The molecule has 23 heavy (non-hydrogen) atoms. The summed E-state index contributed by atoms with van der Waals surface area (Å²) in [4.78, 5) is 5.17. The van der Waals surface area contributed by atoms with Crippen molar-refractivity contribution in [2.45, 2.75) is 51.9 Å². The fraction of sp³-hybridized carbons (Fsp3) is 0.833. The lowest BCUT2D eigenvalue weighted by Gasteiger charge is -2.37. The van der Waals surface area contributed by atoms with E-state index in [2.05, 4.69) is 34.8 Å². The summed E-state index contributed by atoms with van der Waals surface area (Å²) in [6, 6.07) is 2.13. The van der Waals surface area contributed by atoms with Crippen LogP contribution in [0.3, 0.4) is 0 Å². The van der Waals surface area contributed by atoms with E-state index in [1.54, 1.807) is 0 Å². The SMILES string of the molecule is C[C@@H]1CN(CCC2CCN(Cc3ccnn3C)CC2)C[C@@H](C)O1. The Morgan fingerprint density at radius 1 is 1.13 bits per heavy atom. The average molecular weight is 320 g/mol. The molecule has 0 aromatic carbocycles. The summed E-state index contributed by atoms with van der Waals surface area (Å²) in [5.74, 6) is 0.895. The van der Waals surface area contributed by atoms with Gasteiger partial charge in [-0.05, 0) is 64.7 Å². The molecule has 2 saturated heterocycles. The van der Waals surface area contributed by atoms with Crippen LogP contribution in [0.15, 0.2) is 12.3 Å². The lowest BCUT2D eigenvalue weighted by atomic mass is 9.93. The van der Waals surface area contributed by atoms with E-state index < -0.39 is 0 Å². The smallest absolute Gasteiger partial charge is 0.0678 e. The number of hydrogen-bond donors (Lipinski definition) is 0. The van der Waals surface area contributed by atoms with E-state index >= 15 is 0 Å². The van der Waals surface area contributed by atoms with Crippen LogP contribution in [0, 0.1) is 5.92 Å². The molecule has 130 valence electrons. The van der Waals surface area contributed by atoms with Crippen molar-refractivity contribution >= 4 is 0 Å². The summed E-state index contributed by atoms with van der Waals surface area (Å²) in [6.07, 6.45) is 6.70. The molecule has 2 fully saturated rings. The van der Waals surface area contributed by atoms with Crippen LogP contribution in [0.25, 0.3) is 0 Å². The standard InChI is InChI=1S/C18H32N4O/c1-15-12-22(13-16(2)23-15)11-7-17-5-9-21(10-6-17)14-18-4-8-19-20(18)3/h4,8,15-17H,5-7,9-14H2,1-3H3/t15-,16-/m1/s1. The number of aromatic nitrogens is 2. The zero-order chi connectivity index (χ0) is 16.2. The molecule has 0 saturated carbocycles. The Morgan fingerprint density at radius 2 is 1.83 bits per heavy atom. The molecule has 0 unspecified atom stereocenters. The molecule has 3 heterocycles. The first-order valence-corrected chi connectivity index (χ1v) is 9.17. The Kier molecular flexibility index (Phi) is 5.72. The zero-order valence-electron chi connectivity index (χ0n) is 14.9. The predicted molar refractivity (Wildman–Crippen MR) is 92.3 cm³/mol. The van der Waals surface area contributed by atoms with Gasteiger partial charge in [0, 0.05) is 32.9 Å². The maximum atomic E-state index is 5.83. The van der Waals surface area contributed by atoms with Crippen molar-refractivity contribution in [2.24, 2.45) is 13.0 Å². The van der Waals surface area contributed by atoms with Crippen molar-refractivity contribution in [3.8, 4) is 0 Å². The van der Waals surface area contributed by atoms with Crippen molar-refractivity contribution < 1.29 is 4.74 Å². The summed E-state index contributed by atoms with van der Waals surface area (Å²) < 4.78 is 7.82. The van der Waals surface area contributed by atoms with Gasteiger partial charge in [0.25, 0.3) is 0 Å². The Labute approximate surface area is 140 Å². The van der Waals surface area contributed by atoms with E-state index in [0.717, 1.165) is 25.6 Å². The molecule has 2 aliphatic rings. The van der Waals surface area contributed by atoms with E-state index in [-0.39, 0.29) is 0 Å². The number of hydrogen-bond acceptors (Lipinski definition) is 4. The first-order valence-electron chi connectivity index (χ1n) is 9.17. The highest BCUT2D eigenvalue weighted by Gasteiger charge is 2.24. The van der Waals surface area contributed by atoms with E-state index in [1.807, 2.05) is 17.9 Å². The van der Waals surface area contributed by atoms with E-state index in [1.165, 1.54) is 44.6 Å². The monoisotopic (exact) mass is 320 g/mol. The molecule has 0 amide bonds. The Hall–Kier alpha value is -0.910. The lowest BCUT2D eigenvalue weighted by Crippen LogP contribution is -2.46.